The van der Waals surface area contributed by atoms with E-state index in [1.807, 2.05) is 32.0 Å². The molecule has 0 bridgehead atoms. The molecule has 0 amide bonds. The zero-order valence-electron chi connectivity index (χ0n) is 9.16. The van der Waals surface area contributed by atoms with Gasteiger partial charge in [0.05, 0.1) is 11.9 Å². The van der Waals surface area contributed by atoms with Gasteiger partial charge in [0.25, 0.3) is 0 Å². The van der Waals surface area contributed by atoms with Gasteiger partial charge in [-0.05, 0) is 53.5 Å². The number of nitrogens with zero attached hydrogens (tertiary/aromatic N) is 2. The molecule has 0 atom stereocenters. The maximum Gasteiger partial charge on any atom is 0.130 e. The first-order chi connectivity index (χ1) is 7.65. The van der Waals surface area contributed by atoms with E-state index in [9.17, 15) is 0 Å². The molecular weight excluding hydrogens is 266 g/mol. The molecule has 2 heterocycles. The Hall–Kier alpha value is -1.42. The Morgan fingerprint density at radius 2 is 1.94 bits per heavy atom. The van der Waals surface area contributed by atoms with Gasteiger partial charge in [0, 0.05) is 16.4 Å². The molecule has 0 aliphatic heterocycles. The van der Waals surface area contributed by atoms with Crippen LogP contribution in [0, 0.1) is 13.8 Å². The van der Waals surface area contributed by atoms with Crippen molar-refractivity contribution in [2.45, 2.75) is 13.8 Å². The molecule has 1 N–H and O–H groups in total. The van der Waals surface area contributed by atoms with Crippen LogP contribution in [0.3, 0.4) is 0 Å². The topological polar surface area (TPSA) is 37.8 Å². The van der Waals surface area contributed by atoms with Crippen molar-refractivity contribution in [3.05, 3.63) is 46.3 Å². The van der Waals surface area contributed by atoms with E-state index in [2.05, 4.69) is 31.2 Å². The van der Waals surface area contributed by atoms with Gasteiger partial charge in [-0.2, -0.15) is 0 Å². The predicted octanol–water partition coefficient (Wildman–Crippen LogP) is 3.60. The molecule has 4 heteroatoms. The second-order valence-corrected chi connectivity index (χ2v) is 4.49. The van der Waals surface area contributed by atoms with Crippen molar-refractivity contribution in [1.29, 1.82) is 0 Å². The minimum absolute atomic E-state index is 0.825. The Morgan fingerprint density at radius 3 is 2.56 bits per heavy atom. The average molecular weight is 278 g/mol. The quantitative estimate of drug-likeness (QED) is 0.912. The van der Waals surface area contributed by atoms with Crippen molar-refractivity contribution in [1.82, 2.24) is 9.97 Å². The van der Waals surface area contributed by atoms with Crippen LogP contribution in [0.15, 0.2) is 35.1 Å². The zero-order valence-corrected chi connectivity index (χ0v) is 10.7. The Morgan fingerprint density at radius 1 is 1.12 bits per heavy atom. The van der Waals surface area contributed by atoms with E-state index in [0.717, 1.165) is 27.2 Å². The van der Waals surface area contributed by atoms with Gasteiger partial charge in [0.15, 0.2) is 0 Å². The van der Waals surface area contributed by atoms with Gasteiger partial charge in [-0.3, -0.25) is 4.98 Å². The molecule has 3 nitrogen and oxygen atoms in total. The lowest BCUT2D eigenvalue weighted by Crippen LogP contribution is -1.95. The van der Waals surface area contributed by atoms with Crippen LogP contribution in [0.5, 0.6) is 0 Å². The summed E-state index contributed by atoms with van der Waals surface area (Å²) in [6.07, 6.45) is 3.59. The second-order valence-electron chi connectivity index (χ2n) is 3.63. The molecule has 0 radical (unpaired) electrons. The first kappa shape index (κ1) is 11.1. The summed E-state index contributed by atoms with van der Waals surface area (Å²) in [7, 11) is 0. The molecule has 2 aromatic rings. The highest BCUT2D eigenvalue weighted by Crippen LogP contribution is 2.19. The number of hydrogen-bond acceptors (Lipinski definition) is 3. The summed E-state index contributed by atoms with van der Waals surface area (Å²) in [5.41, 5.74) is 3.10. The molecule has 82 valence electrons. The van der Waals surface area contributed by atoms with E-state index in [0.29, 0.717) is 0 Å². The standard InChI is InChI=1S/C12H12BrN3/c1-8-5-12(15-7-11(8)13)16-10-4-3-9(2)14-6-10/h3-7H,1-2H3,(H,15,16). The zero-order chi connectivity index (χ0) is 11.5. The summed E-state index contributed by atoms with van der Waals surface area (Å²) in [5, 5.41) is 3.20. The minimum Gasteiger partial charge on any atom is -0.339 e. The summed E-state index contributed by atoms with van der Waals surface area (Å²) in [4.78, 5) is 8.49. The maximum absolute atomic E-state index is 4.27. The van der Waals surface area contributed by atoms with Crippen molar-refractivity contribution in [2.24, 2.45) is 0 Å². The Labute approximate surface area is 103 Å². The highest BCUT2D eigenvalue weighted by Gasteiger charge is 1.99. The van der Waals surface area contributed by atoms with Gasteiger partial charge in [0.2, 0.25) is 0 Å². The molecule has 0 aliphatic rings. The highest BCUT2D eigenvalue weighted by atomic mass is 79.9. The second kappa shape index (κ2) is 4.61. The predicted molar refractivity (Wildman–Crippen MR) is 68.9 cm³/mol. The monoisotopic (exact) mass is 277 g/mol. The molecule has 0 aromatic carbocycles. The van der Waals surface area contributed by atoms with E-state index in [4.69, 9.17) is 0 Å². The Bertz CT molecular complexity index is 494. The van der Waals surface area contributed by atoms with E-state index in [1.54, 1.807) is 12.4 Å². The van der Waals surface area contributed by atoms with Gasteiger partial charge in [-0.25, -0.2) is 4.98 Å². The molecule has 2 aromatic heterocycles. The van der Waals surface area contributed by atoms with E-state index >= 15 is 0 Å². The van der Waals surface area contributed by atoms with Gasteiger partial charge >= 0.3 is 0 Å². The van der Waals surface area contributed by atoms with Crippen molar-refractivity contribution in [3.8, 4) is 0 Å². The highest BCUT2D eigenvalue weighted by molar-refractivity contribution is 9.10. The average Bonchev–Trinajstić information content (AvgIpc) is 2.27. The van der Waals surface area contributed by atoms with Crippen LogP contribution in [-0.2, 0) is 0 Å². The van der Waals surface area contributed by atoms with Crippen LogP contribution in [0.25, 0.3) is 0 Å². The fourth-order valence-electron chi connectivity index (χ4n) is 1.30. The Kier molecular flexibility index (Phi) is 3.19. The smallest absolute Gasteiger partial charge is 0.130 e. The van der Waals surface area contributed by atoms with Gasteiger partial charge in [-0.1, -0.05) is 0 Å². The normalized spacial score (nSPS) is 10.2. The van der Waals surface area contributed by atoms with E-state index < -0.39 is 0 Å². The minimum atomic E-state index is 0.825. The summed E-state index contributed by atoms with van der Waals surface area (Å²) in [6, 6.07) is 5.94. The third-order valence-electron chi connectivity index (χ3n) is 2.23. The summed E-state index contributed by atoms with van der Waals surface area (Å²) in [5.74, 6) is 0.825. The molecule has 2 rings (SSSR count). The number of aryl methyl sites for hydroxylation is 2. The van der Waals surface area contributed by atoms with Crippen LogP contribution in [-0.4, -0.2) is 9.97 Å². The van der Waals surface area contributed by atoms with Gasteiger partial charge in [0.1, 0.15) is 5.82 Å². The fraction of sp³-hybridized carbons (Fsp3) is 0.167. The van der Waals surface area contributed by atoms with Crippen LogP contribution < -0.4 is 5.32 Å². The maximum atomic E-state index is 4.27. The third-order valence-corrected chi connectivity index (χ3v) is 3.06. The Balaban J connectivity index is 2.20. The van der Waals surface area contributed by atoms with Crippen LogP contribution in [0.2, 0.25) is 0 Å². The number of nitrogens with one attached hydrogen (secondary N) is 1. The number of pyridine rings is 2. The lowest BCUT2D eigenvalue weighted by atomic mass is 10.3. The summed E-state index contributed by atoms with van der Waals surface area (Å²) < 4.78 is 1.01. The largest absolute Gasteiger partial charge is 0.339 e. The molecule has 16 heavy (non-hydrogen) atoms. The molecule has 0 spiro atoms. The van der Waals surface area contributed by atoms with Crippen molar-refractivity contribution >= 4 is 27.4 Å². The van der Waals surface area contributed by atoms with Crippen molar-refractivity contribution < 1.29 is 0 Å². The summed E-state index contributed by atoms with van der Waals surface area (Å²) >= 11 is 3.42. The number of aromatic nitrogens is 2. The molecule has 0 fully saturated rings. The number of anilines is 2. The lowest BCUT2D eigenvalue weighted by molar-refractivity contribution is 1.19. The summed E-state index contributed by atoms with van der Waals surface area (Å²) in [6.45, 7) is 4.00. The first-order valence-electron chi connectivity index (χ1n) is 4.97. The molecular formula is C12H12BrN3. The molecule has 0 saturated heterocycles. The van der Waals surface area contributed by atoms with Gasteiger partial charge in [-0.15, -0.1) is 0 Å². The van der Waals surface area contributed by atoms with Crippen LogP contribution in [0.1, 0.15) is 11.3 Å². The lowest BCUT2D eigenvalue weighted by Gasteiger charge is -2.06. The number of rotatable bonds is 2. The number of hydrogen-bond donors (Lipinski definition) is 1. The van der Waals surface area contributed by atoms with Crippen LogP contribution in [0.4, 0.5) is 11.5 Å². The van der Waals surface area contributed by atoms with Crippen molar-refractivity contribution in [2.75, 3.05) is 5.32 Å². The molecule has 0 saturated carbocycles. The van der Waals surface area contributed by atoms with Gasteiger partial charge < -0.3 is 5.32 Å². The third kappa shape index (κ3) is 2.58. The number of halogens is 1. The molecule has 0 aliphatic carbocycles. The van der Waals surface area contributed by atoms with E-state index in [1.165, 1.54) is 0 Å². The van der Waals surface area contributed by atoms with E-state index in [-0.39, 0.29) is 0 Å². The SMILES string of the molecule is Cc1ccc(Nc2cc(C)c(Br)cn2)cn1. The van der Waals surface area contributed by atoms with Crippen LogP contribution >= 0.6 is 15.9 Å². The molecule has 0 unspecified atom stereocenters. The first-order valence-corrected chi connectivity index (χ1v) is 5.76. The van der Waals surface area contributed by atoms with Crippen molar-refractivity contribution in [3.63, 3.8) is 0 Å². The fourth-order valence-corrected chi connectivity index (χ4v) is 1.51.